The van der Waals surface area contributed by atoms with Crippen LogP contribution < -0.4 is 0 Å². The van der Waals surface area contributed by atoms with Crippen LogP contribution >= 0.6 is 0 Å². The SMILES string of the molecule is COC(=O)c1c(C)oc2ccc3occc3c12. The molecule has 0 radical (unpaired) electrons. The molecule has 3 aromatic rings. The first-order chi connectivity index (χ1) is 8.22. The molecule has 1 aromatic carbocycles. The molecule has 3 rings (SSSR count). The zero-order valence-corrected chi connectivity index (χ0v) is 9.44. The summed E-state index contributed by atoms with van der Waals surface area (Å²) in [5.74, 6) is 0.163. The lowest BCUT2D eigenvalue weighted by atomic mass is 10.1. The molecule has 0 fully saturated rings. The Kier molecular flexibility index (Phi) is 1.98. The van der Waals surface area contributed by atoms with Crippen LogP contribution in [0.1, 0.15) is 16.1 Å². The molecule has 4 heteroatoms. The van der Waals surface area contributed by atoms with Crippen molar-refractivity contribution in [1.82, 2.24) is 0 Å². The third-order valence-electron chi connectivity index (χ3n) is 2.85. The van der Waals surface area contributed by atoms with Crippen molar-refractivity contribution in [2.75, 3.05) is 7.11 Å². The normalized spacial score (nSPS) is 11.2. The van der Waals surface area contributed by atoms with Gasteiger partial charge in [0.25, 0.3) is 0 Å². The minimum absolute atomic E-state index is 0.394. The molecule has 0 spiro atoms. The van der Waals surface area contributed by atoms with Crippen molar-refractivity contribution in [1.29, 1.82) is 0 Å². The van der Waals surface area contributed by atoms with Gasteiger partial charge in [-0.3, -0.25) is 0 Å². The Morgan fingerprint density at radius 2 is 2.00 bits per heavy atom. The van der Waals surface area contributed by atoms with E-state index in [1.165, 1.54) is 7.11 Å². The van der Waals surface area contributed by atoms with Gasteiger partial charge >= 0.3 is 5.97 Å². The number of aryl methyl sites for hydroxylation is 1. The van der Waals surface area contributed by atoms with Crippen molar-refractivity contribution >= 4 is 27.9 Å². The molecule has 0 aliphatic heterocycles. The number of hydrogen-bond acceptors (Lipinski definition) is 4. The van der Waals surface area contributed by atoms with Gasteiger partial charge in [0.2, 0.25) is 0 Å². The van der Waals surface area contributed by atoms with E-state index in [9.17, 15) is 4.79 Å². The number of rotatable bonds is 1. The molecule has 0 saturated heterocycles. The van der Waals surface area contributed by atoms with E-state index in [2.05, 4.69) is 0 Å². The van der Waals surface area contributed by atoms with E-state index >= 15 is 0 Å². The molecule has 0 saturated carbocycles. The summed E-state index contributed by atoms with van der Waals surface area (Å²) in [6.07, 6.45) is 1.59. The first kappa shape index (κ1) is 9.96. The highest BCUT2D eigenvalue weighted by Gasteiger charge is 2.21. The molecular formula is C13H10O4. The molecule has 0 bridgehead atoms. The molecular weight excluding hydrogens is 220 g/mol. The third kappa shape index (κ3) is 1.27. The maximum Gasteiger partial charge on any atom is 0.342 e. The number of hydrogen-bond donors (Lipinski definition) is 0. The number of fused-ring (bicyclic) bond motifs is 3. The lowest BCUT2D eigenvalue weighted by molar-refractivity contribution is 0.0601. The zero-order valence-electron chi connectivity index (χ0n) is 9.44. The highest BCUT2D eigenvalue weighted by atomic mass is 16.5. The summed E-state index contributed by atoms with van der Waals surface area (Å²) in [6.45, 7) is 1.75. The van der Waals surface area contributed by atoms with Crippen LogP contribution in [0.4, 0.5) is 0 Å². The van der Waals surface area contributed by atoms with Gasteiger partial charge in [0, 0.05) is 10.8 Å². The summed E-state index contributed by atoms with van der Waals surface area (Å²) >= 11 is 0. The number of ether oxygens (including phenoxy) is 1. The van der Waals surface area contributed by atoms with Gasteiger partial charge in [0.05, 0.1) is 13.4 Å². The molecule has 0 aliphatic rings. The monoisotopic (exact) mass is 230 g/mol. The van der Waals surface area contributed by atoms with Gasteiger partial charge in [-0.15, -0.1) is 0 Å². The van der Waals surface area contributed by atoms with Crippen LogP contribution in [0.3, 0.4) is 0 Å². The molecule has 17 heavy (non-hydrogen) atoms. The van der Waals surface area contributed by atoms with Crippen molar-refractivity contribution < 1.29 is 18.4 Å². The largest absolute Gasteiger partial charge is 0.465 e. The van der Waals surface area contributed by atoms with E-state index in [4.69, 9.17) is 13.6 Å². The molecule has 0 atom stereocenters. The van der Waals surface area contributed by atoms with E-state index in [-0.39, 0.29) is 0 Å². The van der Waals surface area contributed by atoms with Crippen LogP contribution in [-0.2, 0) is 4.74 Å². The molecule has 0 N–H and O–H groups in total. The average molecular weight is 230 g/mol. The van der Waals surface area contributed by atoms with Crippen molar-refractivity contribution in [3.8, 4) is 0 Å². The second-order valence-corrected chi connectivity index (χ2v) is 3.80. The molecule has 0 amide bonds. The summed E-state index contributed by atoms with van der Waals surface area (Å²) in [7, 11) is 1.36. The third-order valence-corrected chi connectivity index (χ3v) is 2.85. The minimum Gasteiger partial charge on any atom is -0.465 e. The number of benzene rings is 1. The summed E-state index contributed by atoms with van der Waals surface area (Å²) in [5.41, 5.74) is 1.86. The van der Waals surface area contributed by atoms with Crippen molar-refractivity contribution in [3.05, 3.63) is 35.8 Å². The maximum atomic E-state index is 11.8. The van der Waals surface area contributed by atoms with Gasteiger partial charge in [-0.25, -0.2) is 4.79 Å². The Hall–Kier alpha value is -2.23. The second-order valence-electron chi connectivity index (χ2n) is 3.80. The van der Waals surface area contributed by atoms with Crippen LogP contribution in [0.25, 0.3) is 21.9 Å². The van der Waals surface area contributed by atoms with Gasteiger partial charge in [0.15, 0.2) is 0 Å². The zero-order chi connectivity index (χ0) is 12.0. The van der Waals surface area contributed by atoms with Crippen LogP contribution in [0, 0.1) is 6.92 Å². The fourth-order valence-corrected chi connectivity index (χ4v) is 2.11. The number of esters is 1. The Morgan fingerprint density at radius 1 is 1.24 bits per heavy atom. The summed E-state index contributed by atoms with van der Waals surface area (Å²) in [5, 5.41) is 1.61. The molecule has 4 nitrogen and oxygen atoms in total. The van der Waals surface area contributed by atoms with Crippen LogP contribution in [0.5, 0.6) is 0 Å². The van der Waals surface area contributed by atoms with Gasteiger partial charge in [-0.2, -0.15) is 0 Å². The number of carbonyl (C=O) groups excluding carboxylic acids is 1. The van der Waals surface area contributed by atoms with Crippen LogP contribution in [0.2, 0.25) is 0 Å². The first-order valence-corrected chi connectivity index (χ1v) is 5.20. The molecule has 0 unspecified atom stereocenters. The van der Waals surface area contributed by atoms with E-state index in [0.717, 1.165) is 16.4 Å². The number of furan rings is 2. The van der Waals surface area contributed by atoms with Crippen molar-refractivity contribution in [2.45, 2.75) is 6.92 Å². The van der Waals surface area contributed by atoms with Crippen molar-refractivity contribution in [2.24, 2.45) is 0 Å². The van der Waals surface area contributed by atoms with Gasteiger partial charge in [-0.05, 0) is 25.1 Å². The average Bonchev–Trinajstić information content (AvgIpc) is 2.90. The smallest absolute Gasteiger partial charge is 0.342 e. The molecule has 0 aliphatic carbocycles. The Bertz CT molecular complexity index is 718. The Morgan fingerprint density at radius 3 is 2.76 bits per heavy atom. The lowest BCUT2D eigenvalue weighted by Crippen LogP contribution is -2.01. The molecule has 86 valence electrons. The highest BCUT2D eigenvalue weighted by Crippen LogP contribution is 2.33. The Balaban J connectivity index is 2.50. The maximum absolute atomic E-state index is 11.8. The molecule has 2 heterocycles. The lowest BCUT2D eigenvalue weighted by Gasteiger charge is -1.97. The first-order valence-electron chi connectivity index (χ1n) is 5.20. The molecule has 2 aromatic heterocycles. The number of carbonyl (C=O) groups is 1. The quantitative estimate of drug-likeness (QED) is 0.602. The van der Waals surface area contributed by atoms with Crippen LogP contribution in [0.15, 0.2) is 33.3 Å². The van der Waals surface area contributed by atoms with E-state index in [1.807, 2.05) is 12.1 Å². The van der Waals surface area contributed by atoms with Gasteiger partial charge in [0.1, 0.15) is 22.5 Å². The highest BCUT2D eigenvalue weighted by molar-refractivity contribution is 6.15. The van der Waals surface area contributed by atoms with Crippen molar-refractivity contribution in [3.63, 3.8) is 0 Å². The fourth-order valence-electron chi connectivity index (χ4n) is 2.11. The summed E-state index contributed by atoms with van der Waals surface area (Å²) in [4.78, 5) is 11.8. The topological polar surface area (TPSA) is 52.6 Å². The predicted molar refractivity (Wildman–Crippen MR) is 62.1 cm³/mol. The predicted octanol–water partition coefficient (Wildman–Crippen LogP) is 3.27. The van der Waals surface area contributed by atoms with E-state index in [1.54, 1.807) is 19.3 Å². The van der Waals surface area contributed by atoms with E-state index in [0.29, 0.717) is 16.9 Å². The Labute approximate surface area is 96.8 Å². The minimum atomic E-state index is -0.394. The van der Waals surface area contributed by atoms with E-state index < -0.39 is 5.97 Å². The standard InChI is InChI=1S/C13H10O4/c1-7-11(13(14)15-2)12-8-5-6-16-9(8)3-4-10(12)17-7/h3-6H,1-2H3. The number of methoxy groups -OCH3 is 1. The van der Waals surface area contributed by atoms with Gasteiger partial charge < -0.3 is 13.6 Å². The van der Waals surface area contributed by atoms with Crippen LogP contribution in [-0.4, -0.2) is 13.1 Å². The second kappa shape index (κ2) is 3.38. The van der Waals surface area contributed by atoms with Gasteiger partial charge in [-0.1, -0.05) is 0 Å². The summed E-state index contributed by atoms with van der Waals surface area (Å²) in [6, 6.07) is 5.43. The summed E-state index contributed by atoms with van der Waals surface area (Å²) < 4.78 is 15.6. The fraction of sp³-hybridized carbons (Fsp3) is 0.154.